The first kappa shape index (κ1) is 18.4. The highest BCUT2D eigenvalue weighted by Gasteiger charge is 2.44. The van der Waals surface area contributed by atoms with Crippen molar-refractivity contribution >= 4 is 16.8 Å². The summed E-state index contributed by atoms with van der Waals surface area (Å²) in [5, 5.41) is 9.01. The average molecular weight is 370 g/mol. The number of carbonyl (C=O) groups is 1. The molecule has 146 valence electrons. The lowest BCUT2D eigenvalue weighted by Crippen LogP contribution is -2.62. The molecule has 2 aliphatic rings. The summed E-state index contributed by atoms with van der Waals surface area (Å²) in [7, 11) is 1.96. The summed E-state index contributed by atoms with van der Waals surface area (Å²) >= 11 is 0. The minimum Gasteiger partial charge on any atom is -0.379 e. The molecule has 0 unspecified atom stereocenters. The van der Waals surface area contributed by atoms with Gasteiger partial charge in [0.2, 0.25) is 5.91 Å². The lowest BCUT2D eigenvalue weighted by Gasteiger charge is -2.46. The summed E-state index contributed by atoms with van der Waals surface area (Å²) in [6.45, 7) is 5.70. The van der Waals surface area contributed by atoms with Gasteiger partial charge in [0, 0.05) is 25.5 Å². The number of nitrogens with one attached hydrogen (secondary N) is 1. The number of fused-ring (bicyclic) bond motifs is 1. The standard InChI is InChI=1S/C21H30N4O2/c1-16-6-7-19-17(14-16)18(23-24(19)2)15-22-20(26)21(8-4-3-5-9-21)25-10-12-27-13-11-25/h6-7,14H,3-5,8-13,15H2,1-2H3,(H,22,26). The molecule has 2 fully saturated rings. The molecule has 2 heterocycles. The number of amides is 1. The van der Waals surface area contributed by atoms with Crippen molar-refractivity contribution in [1.82, 2.24) is 20.0 Å². The second-order valence-corrected chi connectivity index (χ2v) is 7.97. The number of morpholine rings is 1. The molecule has 6 nitrogen and oxygen atoms in total. The molecule has 2 aromatic rings. The van der Waals surface area contributed by atoms with Crippen molar-refractivity contribution < 1.29 is 9.53 Å². The van der Waals surface area contributed by atoms with Crippen LogP contribution in [0.2, 0.25) is 0 Å². The molecule has 1 saturated carbocycles. The number of hydrogen-bond acceptors (Lipinski definition) is 4. The maximum absolute atomic E-state index is 13.4. The van der Waals surface area contributed by atoms with Crippen LogP contribution in [0, 0.1) is 6.92 Å². The molecule has 0 spiro atoms. The fourth-order valence-corrected chi connectivity index (χ4v) is 4.73. The van der Waals surface area contributed by atoms with E-state index in [9.17, 15) is 4.79 Å². The Morgan fingerprint density at radius 1 is 1.22 bits per heavy atom. The van der Waals surface area contributed by atoms with Crippen LogP contribution >= 0.6 is 0 Å². The van der Waals surface area contributed by atoms with E-state index < -0.39 is 0 Å². The molecule has 1 aliphatic heterocycles. The van der Waals surface area contributed by atoms with Crippen molar-refractivity contribution in [3.8, 4) is 0 Å². The van der Waals surface area contributed by atoms with Gasteiger partial charge in [-0.15, -0.1) is 0 Å². The monoisotopic (exact) mass is 370 g/mol. The molecular formula is C21H30N4O2. The van der Waals surface area contributed by atoms with E-state index in [2.05, 4.69) is 40.4 Å². The van der Waals surface area contributed by atoms with Crippen molar-refractivity contribution in [2.45, 2.75) is 51.1 Å². The van der Waals surface area contributed by atoms with Crippen LogP contribution in [0.25, 0.3) is 10.9 Å². The molecule has 27 heavy (non-hydrogen) atoms. The Hall–Kier alpha value is -1.92. The zero-order valence-electron chi connectivity index (χ0n) is 16.5. The van der Waals surface area contributed by atoms with Crippen LogP contribution in [0.15, 0.2) is 18.2 Å². The largest absolute Gasteiger partial charge is 0.379 e. The van der Waals surface area contributed by atoms with Crippen LogP contribution in [0.3, 0.4) is 0 Å². The number of benzene rings is 1. The summed E-state index contributed by atoms with van der Waals surface area (Å²) in [5.41, 5.74) is 2.88. The van der Waals surface area contributed by atoms with Crippen LogP contribution in [0.4, 0.5) is 0 Å². The Kier molecular flexibility index (Phi) is 5.19. The molecule has 1 saturated heterocycles. The highest BCUT2D eigenvalue weighted by molar-refractivity contribution is 5.87. The van der Waals surface area contributed by atoms with Crippen molar-refractivity contribution in [3.05, 3.63) is 29.5 Å². The van der Waals surface area contributed by atoms with E-state index in [0.717, 1.165) is 68.6 Å². The second-order valence-electron chi connectivity index (χ2n) is 7.97. The van der Waals surface area contributed by atoms with E-state index >= 15 is 0 Å². The number of carbonyl (C=O) groups excluding carboxylic acids is 1. The molecule has 1 amide bonds. The third-order valence-electron chi connectivity index (χ3n) is 6.22. The van der Waals surface area contributed by atoms with Crippen molar-refractivity contribution in [3.63, 3.8) is 0 Å². The fraction of sp³-hybridized carbons (Fsp3) is 0.619. The molecule has 1 aromatic heterocycles. The van der Waals surface area contributed by atoms with Crippen molar-refractivity contribution in [2.75, 3.05) is 26.3 Å². The number of rotatable bonds is 4. The van der Waals surface area contributed by atoms with Crippen molar-refractivity contribution in [2.24, 2.45) is 7.05 Å². The predicted molar refractivity (Wildman–Crippen MR) is 106 cm³/mol. The Balaban J connectivity index is 1.54. The first-order chi connectivity index (χ1) is 13.1. The summed E-state index contributed by atoms with van der Waals surface area (Å²) < 4.78 is 7.42. The van der Waals surface area contributed by atoms with Gasteiger partial charge >= 0.3 is 0 Å². The molecular weight excluding hydrogens is 340 g/mol. The minimum atomic E-state index is -0.372. The van der Waals surface area contributed by atoms with E-state index in [0.29, 0.717) is 6.54 Å². The molecule has 4 rings (SSSR count). The SMILES string of the molecule is Cc1ccc2c(c1)c(CNC(=O)C1(N3CCOCC3)CCCCC1)nn2C. The Morgan fingerprint density at radius 2 is 1.96 bits per heavy atom. The Morgan fingerprint density at radius 3 is 2.70 bits per heavy atom. The van der Waals surface area contributed by atoms with Crippen LogP contribution in [0.5, 0.6) is 0 Å². The van der Waals surface area contributed by atoms with Crippen LogP contribution in [-0.2, 0) is 23.1 Å². The van der Waals surface area contributed by atoms with Gasteiger partial charge < -0.3 is 10.1 Å². The third-order valence-corrected chi connectivity index (χ3v) is 6.22. The molecule has 6 heteroatoms. The topological polar surface area (TPSA) is 59.4 Å². The number of aryl methyl sites for hydroxylation is 2. The number of nitrogens with zero attached hydrogens (tertiary/aromatic N) is 3. The Labute approximate surface area is 160 Å². The van der Waals surface area contributed by atoms with Gasteiger partial charge in [-0.1, -0.05) is 30.9 Å². The maximum Gasteiger partial charge on any atom is 0.240 e. The molecule has 0 atom stereocenters. The van der Waals surface area contributed by atoms with Gasteiger partial charge in [0.15, 0.2) is 0 Å². The van der Waals surface area contributed by atoms with E-state index in [1.165, 1.54) is 12.0 Å². The van der Waals surface area contributed by atoms with E-state index in [4.69, 9.17) is 4.74 Å². The fourth-order valence-electron chi connectivity index (χ4n) is 4.73. The van der Waals surface area contributed by atoms with E-state index in [-0.39, 0.29) is 11.4 Å². The average Bonchev–Trinajstić information content (AvgIpc) is 3.02. The normalized spacial score (nSPS) is 20.7. The highest BCUT2D eigenvalue weighted by atomic mass is 16.5. The molecule has 0 radical (unpaired) electrons. The molecule has 0 bridgehead atoms. The quantitative estimate of drug-likeness (QED) is 0.899. The first-order valence-corrected chi connectivity index (χ1v) is 10.1. The van der Waals surface area contributed by atoms with Crippen LogP contribution < -0.4 is 5.32 Å². The number of hydrogen-bond donors (Lipinski definition) is 1. The zero-order chi connectivity index (χ0) is 18.9. The summed E-state index contributed by atoms with van der Waals surface area (Å²) in [6.07, 6.45) is 5.36. The first-order valence-electron chi connectivity index (χ1n) is 10.1. The number of aromatic nitrogens is 2. The minimum absolute atomic E-state index is 0.163. The second kappa shape index (κ2) is 7.60. The third kappa shape index (κ3) is 3.48. The Bertz CT molecular complexity index is 817. The molecule has 1 aliphatic carbocycles. The van der Waals surface area contributed by atoms with Crippen LogP contribution in [0.1, 0.15) is 43.4 Å². The lowest BCUT2D eigenvalue weighted by molar-refractivity contribution is -0.140. The smallest absolute Gasteiger partial charge is 0.240 e. The number of ether oxygens (including phenoxy) is 1. The van der Waals surface area contributed by atoms with E-state index in [1.807, 2.05) is 11.7 Å². The van der Waals surface area contributed by atoms with Gasteiger partial charge in [0.25, 0.3) is 0 Å². The highest BCUT2D eigenvalue weighted by Crippen LogP contribution is 2.34. The van der Waals surface area contributed by atoms with Gasteiger partial charge in [-0.3, -0.25) is 14.4 Å². The van der Waals surface area contributed by atoms with Crippen LogP contribution in [-0.4, -0.2) is 52.4 Å². The van der Waals surface area contributed by atoms with Crippen molar-refractivity contribution in [1.29, 1.82) is 0 Å². The van der Waals surface area contributed by atoms with E-state index in [1.54, 1.807) is 0 Å². The van der Waals surface area contributed by atoms with Gasteiger partial charge in [0.1, 0.15) is 5.54 Å². The predicted octanol–water partition coefficient (Wildman–Crippen LogP) is 2.53. The molecule has 1 N–H and O–H groups in total. The van der Waals surface area contributed by atoms with Gasteiger partial charge in [0.05, 0.1) is 31.0 Å². The van der Waals surface area contributed by atoms with Gasteiger partial charge in [-0.05, 0) is 31.9 Å². The summed E-state index contributed by atoms with van der Waals surface area (Å²) in [5.74, 6) is 0.163. The van der Waals surface area contributed by atoms with Gasteiger partial charge in [-0.25, -0.2) is 0 Å². The molecule has 1 aromatic carbocycles. The maximum atomic E-state index is 13.4. The summed E-state index contributed by atoms with van der Waals surface area (Å²) in [4.78, 5) is 15.7. The van der Waals surface area contributed by atoms with Gasteiger partial charge in [-0.2, -0.15) is 5.10 Å². The zero-order valence-corrected chi connectivity index (χ0v) is 16.5. The summed E-state index contributed by atoms with van der Waals surface area (Å²) in [6, 6.07) is 6.35. The lowest BCUT2D eigenvalue weighted by atomic mass is 9.79.